The first-order chi connectivity index (χ1) is 4.95. The quantitative estimate of drug-likeness (QED) is 0.719. The summed E-state index contributed by atoms with van der Waals surface area (Å²) < 4.78 is 6.22. The Morgan fingerprint density at radius 2 is 1.45 bits per heavy atom. The summed E-state index contributed by atoms with van der Waals surface area (Å²) in [4.78, 5) is 0. The van der Waals surface area contributed by atoms with Crippen molar-refractivity contribution in [3.05, 3.63) is 0 Å². The van der Waals surface area contributed by atoms with E-state index in [0.717, 1.165) is 6.61 Å². The molecule has 0 radical (unpaired) electrons. The Morgan fingerprint density at radius 3 is 1.55 bits per heavy atom. The van der Waals surface area contributed by atoms with E-state index in [-0.39, 0.29) is 0 Å². The van der Waals surface area contributed by atoms with E-state index >= 15 is 0 Å². The Morgan fingerprint density at radius 1 is 1.09 bits per heavy atom. The summed E-state index contributed by atoms with van der Waals surface area (Å²) in [6, 6.07) is 0. The van der Waals surface area contributed by atoms with E-state index < -0.39 is 29.3 Å². The second-order valence-corrected chi connectivity index (χ2v) is 15.9. The maximum atomic E-state index is 5.88. The van der Waals surface area contributed by atoms with E-state index in [1.165, 1.54) is 0 Å². The average Bonchev–Trinajstić information content (AvgIpc) is 1.87. The molecule has 0 spiro atoms. The molecule has 0 rings (SSSR count). The van der Waals surface area contributed by atoms with Gasteiger partial charge >= 0.3 is 80.5 Å². The Labute approximate surface area is 80.4 Å². The third-order valence-corrected chi connectivity index (χ3v) is 18.3. The van der Waals surface area contributed by atoms with Gasteiger partial charge in [0.2, 0.25) is 0 Å². The average molecular weight is 282 g/mol. The van der Waals surface area contributed by atoms with E-state index in [1.54, 1.807) is 0 Å². The fourth-order valence-electron chi connectivity index (χ4n) is 0.932. The van der Waals surface area contributed by atoms with E-state index in [4.69, 9.17) is 4.74 Å². The fraction of sp³-hybridized carbons (Fsp3) is 1.00. The molecule has 0 saturated carbocycles. The molecule has 11 heavy (non-hydrogen) atoms. The zero-order valence-corrected chi connectivity index (χ0v) is 12.3. The van der Waals surface area contributed by atoms with Crippen molar-refractivity contribution in [2.24, 2.45) is 0 Å². The molecule has 0 N–H and O–H groups in total. The van der Waals surface area contributed by atoms with Crippen molar-refractivity contribution in [3.63, 3.8) is 0 Å². The monoisotopic (exact) mass is 282 g/mol. The van der Waals surface area contributed by atoms with Gasteiger partial charge in [-0.1, -0.05) is 0 Å². The standard InChI is InChI=1S/C8H20As2O/c1-7-11-8(2,9(3)4)10(5)6/h7H2,1-6H3. The van der Waals surface area contributed by atoms with Crippen LogP contribution in [0.1, 0.15) is 13.8 Å². The molecule has 0 bridgehead atoms. The van der Waals surface area contributed by atoms with Crippen LogP contribution >= 0.6 is 0 Å². The molecule has 0 fully saturated rings. The summed E-state index contributed by atoms with van der Waals surface area (Å²) >= 11 is -1.40. The summed E-state index contributed by atoms with van der Waals surface area (Å²) in [5.41, 5.74) is 9.60. The molecule has 0 aromatic rings. The van der Waals surface area contributed by atoms with Crippen LogP contribution < -0.4 is 0 Å². The van der Waals surface area contributed by atoms with Gasteiger partial charge in [0.1, 0.15) is 0 Å². The Bertz CT molecular complexity index is 105. The summed E-state index contributed by atoms with van der Waals surface area (Å²) in [6.45, 7) is 5.32. The van der Waals surface area contributed by atoms with E-state index in [9.17, 15) is 0 Å². The van der Waals surface area contributed by atoms with Gasteiger partial charge in [-0.2, -0.15) is 0 Å². The van der Waals surface area contributed by atoms with Crippen molar-refractivity contribution in [1.29, 1.82) is 0 Å². The van der Waals surface area contributed by atoms with Crippen LogP contribution in [-0.4, -0.2) is 39.1 Å². The van der Waals surface area contributed by atoms with Crippen molar-refractivity contribution in [1.82, 2.24) is 0 Å². The molecule has 0 aliphatic rings. The van der Waals surface area contributed by atoms with Gasteiger partial charge in [-0.15, -0.1) is 0 Å². The topological polar surface area (TPSA) is 9.23 Å². The molecule has 68 valence electrons. The summed E-state index contributed by atoms with van der Waals surface area (Å²) in [5.74, 6) is 0. The van der Waals surface area contributed by atoms with Crippen LogP contribution in [0.4, 0.5) is 0 Å². The summed E-state index contributed by atoms with van der Waals surface area (Å²) in [5, 5.41) is 0. The van der Waals surface area contributed by atoms with E-state index in [0.29, 0.717) is 3.18 Å². The number of hydrogen-bond acceptors (Lipinski definition) is 1. The first-order valence-corrected chi connectivity index (χ1v) is 13.3. The maximum absolute atomic E-state index is 5.88. The van der Waals surface area contributed by atoms with Gasteiger partial charge in [0.25, 0.3) is 0 Å². The van der Waals surface area contributed by atoms with Crippen molar-refractivity contribution in [2.75, 3.05) is 6.61 Å². The molecule has 0 aromatic carbocycles. The van der Waals surface area contributed by atoms with Gasteiger partial charge in [-0.3, -0.25) is 0 Å². The van der Waals surface area contributed by atoms with Gasteiger partial charge < -0.3 is 0 Å². The molecular formula is C8H20As2O. The third kappa shape index (κ3) is 3.13. The molecule has 0 unspecified atom stereocenters. The Kier molecular flexibility index (Phi) is 5.43. The zero-order valence-electron chi connectivity index (χ0n) is 8.51. The molecule has 0 aliphatic heterocycles. The predicted molar refractivity (Wildman–Crippen MR) is 55.0 cm³/mol. The second kappa shape index (κ2) is 4.95. The molecule has 0 atom stereocenters. The first-order valence-electron chi connectivity index (χ1n) is 3.94. The van der Waals surface area contributed by atoms with Gasteiger partial charge in [0.15, 0.2) is 0 Å². The van der Waals surface area contributed by atoms with Gasteiger partial charge in [-0.05, 0) is 0 Å². The van der Waals surface area contributed by atoms with E-state index in [2.05, 4.69) is 36.7 Å². The number of ether oxygens (including phenoxy) is 1. The minimum atomic E-state index is -0.698. The van der Waals surface area contributed by atoms with Crippen LogP contribution in [0.2, 0.25) is 22.8 Å². The Balaban J connectivity index is 4.26. The predicted octanol–water partition coefficient (Wildman–Crippen LogP) is 2.37. The van der Waals surface area contributed by atoms with Crippen molar-refractivity contribution < 1.29 is 4.74 Å². The van der Waals surface area contributed by atoms with E-state index in [1.807, 2.05) is 0 Å². The summed E-state index contributed by atoms with van der Waals surface area (Å²) in [7, 11) is 0. The van der Waals surface area contributed by atoms with Crippen LogP contribution in [0.25, 0.3) is 0 Å². The van der Waals surface area contributed by atoms with Crippen molar-refractivity contribution in [2.45, 2.75) is 39.9 Å². The minimum absolute atomic E-state index is 0.342. The molecule has 0 aromatic heterocycles. The van der Waals surface area contributed by atoms with Crippen LogP contribution in [0.15, 0.2) is 0 Å². The van der Waals surface area contributed by atoms with Gasteiger partial charge in [-0.25, -0.2) is 0 Å². The first kappa shape index (κ1) is 12.1. The normalized spacial score (nSPS) is 13.1. The Hall–Kier alpha value is 1.08. The molecule has 3 heteroatoms. The molecule has 1 nitrogen and oxygen atoms in total. The van der Waals surface area contributed by atoms with Crippen LogP contribution in [0.5, 0.6) is 0 Å². The summed E-state index contributed by atoms with van der Waals surface area (Å²) in [6.07, 6.45) is 0. The third-order valence-electron chi connectivity index (χ3n) is 2.08. The molecule has 0 saturated heterocycles. The van der Waals surface area contributed by atoms with Gasteiger partial charge in [0, 0.05) is 0 Å². The number of hydrogen-bond donors (Lipinski definition) is 0. The van der Waals surface area contributed by atoms with Gasteiger partial charge in [0.05, 0.1) is 0 Å². The number of rotatable bonds is 4. The zero-order chi connectivity index (χ0) is 9.07. The van der Waals surface area contributed by atoms with Crippen LogP contribution in [-0.2, 0) is 4.74 Å². The second-order valence-electron chi connectivity index (χ2n) is 3.16. The SMILES string of the molecule is CCOC(C)([As](C)C)[As](C)C. The van der Waals surface area contributed by atoms with Crippen LogP contribution in [0, 0.1) is 0 Å². The van der Waals surface area contributed by atoms with Crippen LogP contribution in [0.3, 0.4) is 0 Å². The van der Waals surface area contributed by atoms with Crippen molar-refractivity contribution >= 4 is 29.3 Å². The van der Waals surface area contributed by atoms with Crippen molar-refractivity contribution in [3.8, 4) is 0 Å². The molecule has 0 amide bonds. The fourth-order valence-corrected chi connectivity index (χ4v) is 13.0. The molecular weight excluding hydrogens is 262 g/mol. The molecule has 0 heterocycles. The molecule has 0 aliphatic carbocycles.